The van der Waals surface area contributed by atoms with Crippen LogP contribution in [0.5, 0.6) is 5.75 Å². The third kappa shape index (κ3) is 3.78. The first-order chi connectivity index (χ1) is 13.1. The standard InChI is InChI=1S/C20H18N4O2S/c1-12-3-8-17-16(9-12)18(25)10-14(21-17)11-27-20-22-19(23-24-20)13-4-6-15(26-2)7-5-13/h3-9H,10-11H2,1-2H3,(H,22,23,24). The Kier molecular flexibility index (Phi) is 4.77. The van der Waals surface area contributed by atoms with Crippen molar-refractivity contribution in [3.8, 4) is 17.1 Å². The number of Topliss-reactive ketones (excluding diaryl/α,β-unsaturated/α-hetero) is 1. The van der Waals surface area contributed by atoms with Crippen LogP contribution in [0.1, 0.15) is 22.3 Å². The van der Waals surface area contributed by atoms with E-state index in [1.807, 2.05) is 49.4 Å². The molecule has 3 aromatic rings. The predicted octanol–water partition coefficient (Wildman–Crippen LogP) is 4.24. The molecule has 136 valence electrons. The second-order valence-electron chi connectivity index (χ2n) is 6.28. The maximum absolute atomic E-state index is 12.4. The zero-order chi connectivity index (χ0) is 18.8. The van der Waals surface area contributed by atoms with Crippen LogP contribution in [0.2, 0.25) is 0 Å². The Morgan fingerprint density at radius 2 is 2.00 bits per heavy atom. The van der Waals surface area contributed by atoms with Gasteiger partial charge in [0.25, 0.3) is 0 Å². The van der Waals surface area contributed by atoms with Crippen LogP contribution in [0.4, 0.5) is 5.69 Å². The topological polar surface area (TPSA) is 80.2 Å². The lowest BCUT2D eigenvalue weighted by Crippen LogP contribution is -2.15. The highest BCUT2D eigenvalue weighted by Crippen LogP contribution is 2.29. The summed E-state index contributed by atoms with van der Waals surface area (Å²) >= 11 is 1.47. The Labute approximate surface area is 161 Å². The molecule has 0 aliphatic carbocycles. The second kappa shape index (κ2) is 7.36. The molecule has 0 radical (unpaired) electrons. The highest BCUT2D eigenvalue weighted by atomic mass is 32.2. The third-order valence-corrected chi connectivity index (χ3v) is 5.21. The molecule has 0 amide bonds. The van der Waals surface area contributed by atoms with Crippen molar-refractivity contribution >= 4 is 28.9 Å². The number of ether oxygens (including phenoxy) is 1. The molecule has 0 bridgehead atoms. The number of methoxy groups -OCH3 is 1. The summed E-state index contributed by atoms with van der Waals surface area (Å²) in [5.41, 5.74) is 4.31. The van der Waals surface area contributed by atoms with Crippen molar-refractivity contribution < 1.29 is 9.53 Å². The van der Waals surface area contributed by atoms with Crippen molar-refractivity contribution in [2.75, 3.05) is 12.9 Å². The average molecular weight is 378 g/mol. The fraction of sp³-hybridized carbons (Fsp3) is 0.200. The minimum absolute atomic E-state index is 0.119. The molecule has 1 N–H and O–H groups in total. The van der Waals surface area contributed by atoms with E-state index < -0.39 is 0 Å². The van der Waals surface area contributed by atoms with E-state index in [9.17, 15) is 4.79 Å². The molecule has 7 heteroatoms. The molecule has 1 aromatic heterocycles. The molecule has 0 spiro atoms. The number of hydrogen-bond acceptors (Lipinski definition) is 6. The fourth-order valence-electron chi connectivity index (χ4n) is 2.88. The van der Waals surface area contributed by atoms with Gasteiger partial charge in [0.15, 0.2) is 11.6 Å². The number of carbonyl (C=O) groups is 1. The number of carbonyl (C=O) groups excluding carboxylic acids is 1. The summed E-state index contributed by atoms with van der Waals surface area (Å²) in [5.74, 6) is 2.19. The number of aryl methyl sites for hydroxylation is 1. The van der Waals surface area contributed by atoms with Gasteiger partial charge in [-0.3, -0.25) is 14.9 Å². The molecule has 1 aliphatic heterocycles. The molecular weight excluding hydrogens is 360 g/mol. The number of thioether (sulfide) groups is 1. The molecule has 2 heterocycles. The number of H-pyrrole nitrogens is 1. The first kappa shape index (κ1) is 17.5. The van der Waals surface area contributed by atoms with Gasteiger partial charge in [-0.25, -0.2) is 4.98 Å². The molecule has 2 aromatic carbocycles. The zero-order valence-corrected chi connectivity index (χ0v) is 15.8. The van der Waals surface area contributed by atoms with Crippen LogP contribution in [0, 0.1) is 6.92 Å². The fourth-order valence-corrected chi connectivity index (χ4v) is 3.61. The van der Waals surface area contributed by atoms with Crippen molar-refractivity contribution in [3.63, 3.8) is 0 Å². The minimum atomic E-state index is 0.119. The van der Waals surface area contributed by atoms with Gasteiger partial charge in [0.05, 0.1) is 19.2 Å². The number of rotatable bonds is 5. The van der Waals surface area contributed by atoms with Crippen LogP contribution >= 0.6 is 11.8 Å². The lowest BCUT2D eigenvalue weighted by Gasteiger charge is -2.14. The van der Waals surface area contributed by atoms with Gasteiger partial charge in [-0.05, 0) is 43.3 Å². The van der Waals surface area contributed by atoms with Gasteiger partial charge >= 0.3 is 0 Å². The molecule has 0 fully saturated rings. The third-order valence-electron chi connectivity index (χ3n) is 4.29. The molecule has 0 unspecified atom stereocenters. The van der Waals surface area contributed by atoms with Crippen LogP contribution in [-0.2, 0) is 0 Å². The Balaban J connectivity index is 1.46. The number of aromatic amines is 1. The van der Waals surface area contributed by atoms with Crippen molar-refractivity contribution in [2.24, 2.45) is 4.99 Å². The van der Waals surface area contributed by atoms with Crippen LogP contribution in [0.25, 0.3) is 11.4 Å². The zero-order valence-electron chi connectivity index (χ0n) is 15.0. The van der Waals surface area contributed by atoms with Gasteiger partial charge in [-0.15, -0.1) is 5.10 Å². The molecular formula is C20H18N4O2S. The molecule has 0 saturated heterocycles. The van der Waals surface area contributed by atoms with Crippen LogP contribution in [-0.4, -0.2) is 39.5 Å². The Morgan fingerprint density at radius 1 is 1.19 bits per heavy atom. The number of benzene rings is 2. The molecule has 1 aliphatic rings. The highest BCUT2D eigenvalue weighted by molar-refractivity contribution is 7.99. The summed E-state index contributed by atoms with van der Waals surface area (Å²) in [6.07, 6.45) is 0.346. The summed E-state index contributed by atoms with van der Waals surface area (Å²) < 4.78 is 5.17. The van der Waals surface area contributed by atoms with E-state index >= 15 is 0 Å². The number of aliphatic imine (C=N–C) groups is 1. The van der Waals surface area contributed by atoms with E-state index in [4.69, 9.17) is 4.74 Å². The maximum Gasteiger partial charge on any atom is 0.209 e. The van der Waals surface area contributed by atoms with E-state index in [1.54, 1.807) is 7.11 Å². The van der Waals surface area contributed by atoms with Gasteiger partial charge < -0.3 is 4.74 Å². The van der Waals surface area contributed by atoms with Crippen molar-refractivity contribution in [2.45, 2.75) is 18.5 Å². The molecule has 0 atom stereocenters. The van der Waals surface area contributed by atoms with Gasteiger partial charge in [-0.2, -0.15) is 0 Å². The highest BCUT2D eigenvalue weighted by Gasteiger charge is 2.20. The SMILES string of the molecule is COc1ccc(-c2nc(SCC3=Nc4ccc(C)cc4C(=O)C3)n[nH]2)cc1. The molecule has 27 heavy (non-hydrogen) atoms. The average Bonchev–Trinajstić information content (AvgIpc) is 3.16. The van der Waals surface area contributed by atoms with E-state index in [-0.39, 0.29) is 5.78 Å². The first-order valence-electron chi connectivity index (χ1n) is 8.52. The van der Waals surface area contributed by atoms with Crippen LogP contribution in [0.15, 0.2) is 52.6 Å². The predicted molar refractivity (Wildman–Crippen MR) is 106 cm³/mol. The van der Waals surface area contributed by atoms with Crippen LogP contribution < -0.4 is 4.74 Å². The summed E-state index contributed by atoms with van der Waals surface area (Å²) in [7, 11) is 1.64. The maximum atomic E-state index is 12.4. The lowest BCUT2D eigenvalue weighted by molar-refractivity contribution is 0.0999. The van der Waals surface area contributed by atoms with Crippen molar-refractivity contribution in [1.82, 2.24) is 15.2 Å². The monoisotopic (exact) mass is 378 g/mol. The van der Waals surface area contributed by atoms with Gasteiger partial charge in [0.1, 0.15) is 5.75 Å². The first-order valence-corrected chi connectivity index (χ1v) is 9.51. The number of aromatic nitrogens is 3. The Morgan fingerprint density at radius 3 is 2.78 bits per heavy atom. The van der Waals surface area contributed by atoms with E-state index in [1.165, 1.54) is 11.8 Å². The van der Waals surface area contributed by atoms with Gasteiger partial charge in [0.2, 0.25) is 5.16 Å². The normalized spacial score (nSPS) is 13.3. The van der Waals surface area contributed by atoms with Crippen molar-refractivity contribution in [1.29, 1.82) is 0 Å². The number of fused-ring (bicyclic) bond motifs is 1. The van der Waals surface area contributed by atoms with Crippen molar-refractivity contribution in [3.05, 3.63) is 53.6 Å². The summed E-state index contributed by atoms with van der Waals surface area (Å²) in [6, 6.07) is 13.4. The number of nitrogens with one attached hydrogen (secondary N) is 1. The Bertz CT molecular complexity index is 1020. The quantitative estimate of drug-likeness (QED) is 0.672. The van der Waals surface area contributed by atoms with Crippen LogP contribution in [0.3, 0.4) is 0 Å². The largest absolute Gasteiger partial charge is 0.497 e. The second-order valence-corrected chi connectivity index (χ2v) is 7.22. The smallest absolute Gasteiger partial charge is 0.209 e. The molecule has 0 saturated carbocycles. The molecule has 4 rings (SSSR count). The van der Waals surface area contributed by atoms with Gasteiger partial charge in [-0.1, -0.05) is 23.4 Å². The van der Waals surface area contributed by atoms with E-state index in [0.717, 1.165) is 28.3 Å². The Hall–Kier alpha value is -2.93. The number of nitrogens with zero attached hydrogens (tertiary/aromatic N) is 3. The minimum Gasteiger partial charge on any atom is -0.497 e. The number of ketones is 1. The summed E-state index contributed by atoms with van der Waals surface area (Å²) in [6.45, 7) is 1.98. The summed E-state index contributed by atoms with van der Waals surface area (Å²) in [5, 5.41) is 7.83. The van der Waals surface area contributed by atoms with Gasteiger partial charge in [0, 0.05) is 22.6 Å². The molecule has 6 nitrogen and oxygen atoms in total. The lowest BCUT2D eigenvalue weighted by atomic mass is 9.99. The summed E-state index contributed by atoms with van der Waals surface area (Å²) in [4.78, 5) is 21.5. The number of hydrogen-bond donors (Lipinski definition) is 1. The van der Waals surface area contributed by atoms with E-state index in [2.05, 4.69) is 20.2 Å². The van der Waals surface area contributed by atoms with E-state index in [0.29, 0.717) is 28.7 Å².